The molecule has 0 amide bonds. The Kier molecular flexibility index (Phi) is 5.35. The van der Waals surface area contributed by atoms with E-state index in [1.54, 1.807) is 0 Å². The summed E-state index contributed by atoms with van der Waals surface area (Å²) < 4.78 is 39.1. The maximum Gasteiger partial charge on any atom is 0.232 e. The molecule has 0 spiro atoms. The van der Waals surface area contributed by atoms with E-state index in [0.717, 1.165) is 6.07 Å². The van der Waals surface area contributed by atoms with Crippen molar-refractivity contribution in [2.24, 2.45) is 5.73 Å². The third-order valence-electron chi connectivity index (χ3n) is 2.06. The molecule has 0 unspecified atom stereocenters. The molecule has 0 saturated heterocycles. The van der Waals surface area contributed by atoms with Crippen LogP contribution in [0.1, 0.15) is 12.8 Å². The number of hydrogen-bond donors (Lipinski definition) is 2. The Bertz CT molecular complexity index is 479. The van der Waals surface area contributed by atoms with Crippen LogP contribution in [0.4, 0.5) is 10.1 Å². The molecule has 0 aliphatic carbocycles. The van der Waals surface area contributed by atoms with Crippen molar-refractivity contribution in [3.05, 3.63) is 28.5 Å². The highest BCUT2D eigenvalue weighted by Gasteiger charge is 2.12. The Hall–Kier alpha value is -0.660. The molecule has 0 atom stereocenters. The van der Waals surface area contributed by atoms with Gasteiger partial charge in [0.05, 0.1) is 11.4 Å². The molecule has 7 heteroatoms. The average Bonchev–Trinajstić information content (AvgIpc) is 2.23. The molecular formula is C10H14BrFN2O2S. The van der Waals surface area contributed by atoms with Crippen LogP contribution in [0.2, 0.25) is 0 Å². The predicted molar refractivity (Wildman–Crippen MR) is 69.8 cm³/mol. The van der Waals surface area contributed by atoms with Crippen LogP contribution in [0, 0.1) is 5.82 Å². The fourth-order valence-corrected chi connectivity index (χ4v) is 2.90. The lowest BCUT2D eigenvalue weighted by Gasteiger charge is -2.09. The molecular weight excluding hydrogens is 311 g/mol. The monoisotopic (exact) mass is 324 g/mol. The van der Waals surface area contributed by atoms with Crippen molar-refractivity contribution < 1.29 is 12.8 Å². The second-order valence-electron chi connectivity index (χ2n) is 3.54. The van der Waals surface area contributed by atoms with Crippen molar-refractivity contribution in [3.8, 4) is 0 Å². The van der Waals surface area contributed by atoms with E-state index >= 15 is 0 Å². The zero-order chi connectivity index (χ0) is 12.9. The summed E-state index contributed by atoms with van der Waals surface area (Å²) >= 11 is 3.15. The van der Waals surface area contributed by atoms with Gasteiger partial charge in [0.15, 0.2) is 0 Å². The maximum absolute atomic E-state index is 13.0. The van der Waals surface area contributed by atoms with Crippen LogP contribution in [0.15, 0.2) is 22.7 Å². The number of nitrogens with two attached hydrogens (primary N) is 1. The van der Waals surface area contributed by atoms with Crippen molar-refractivity contribution in [1.82, 2.24) is 0 Å². The second-order valence-corrected chi connectivity index (χ2v) is 6.24. The number of rotatable bonds is 6. The van der Waals surface area contributed by atoms with Gasteiger partial charge in [0, 0.05) is 4.47 Å². The predicted octanol–water partition coefficient (Wildman–Crippen LogP) is 2.07. The first-order chi connectivity index (χ1) is 7.94. The SMILES string of the molecule is NCCCCS(=O)(=O)Nc1cc(F)ccc1Br. The standard InChI is InChI=1S/C10H14BrFN2O2S/c11-9-4-3-8(12)7-10(9)14-17(15,16)6-2-1-5-13/h3-4,7,14H,1-2,5-6,13H2. The molecule has 1 aromatic carbocycles. The summed E-state index contributed by atoms with van der Waals surface area (Å²) in [6.45, 7) is 0.458. The van der Waals surface area contributed by atoms with E-state index in [4.69, 9.17) is 5.73 Å². The molecule has 0 aliphatic heterocycles. The normalized spacial score (nSPS) is 11.5. The van der Waals surface area contributed by atoms with Gasteiger partial charge in [0.1, 0.15) is 5.82 Å². The molecule has 17 heavy (non-hydrogen) atoms. The molecule has 0 aromatic heterocycles. The summed E-state index contributed by atoms with van der Waals surface area (Å²) in [5.41, 5.74) is 5.49. The summed E-state index contributed by atoms with van der Waals surface area (Å²) in [6.07, 6.45) is 1.13. The molecule has 4 nitrogen and oxygen atoms in total. The molecule has 0 heterocycles. The van der Waals surface area contributed by atoms with Gasteiger partial charge < -0.3 is 5.73 Å². The van der Waals surface area contributed by atoms with Crippen molar-refractivity contribution >= 4 is 31.6 Å². The van der Waals surface area contributed by atoms with E-state index in [1.165, 1.54) is 12.1 Å². The van der Waals surface area contributed by atoms with Crippen LogP contribution in [-0.2, 0) is 10.0 Å². The largest absolute Gasteiger partial charge is 0.330 e. The fraction of sp³-hybridized carbons (Fsp3) is 0.400. The fourth-order valence-electron chi connectivity index (χ4n) is 1.23. The van der Waals surface area contributed by atoms with Gasteiger partial charge in [0.25, 0.3) is 0 Å². The highest BCUT2D eigenvalue weighted by molar-refractivity contribution is 9.10. The van der Waals surface area contributed by atoms with Crippen LogP contribution < -0.4 is 10.5 Å². The van der Waals surface area contributed by atoms with Gasteiger partial charge >= 0.3 is 0 Å². The van der Waals surface area contributed by atoms with Crippen LogP contribution in [0.5, 0.6) is 0 Å². The molecule has 96 valence electrons. The van der Waals surface area contributed by atoms with Gasteiger partial charge in [-0.25, -0.2) is 12.8 Å². The van der Waals surface area contributed by atoms with E-state index in [0.29, 0.717) is 23.9 Å². The van der Waals surface area contributed by atoms with E-state index in [-0.39, 0.29) is 11.4 Å². The number of hydrogen-bond acceptors (Lipinski definition) is 3. The number of halogens is 2. The summed E-state index contributed by atoms with van der Waals surface area (Å²) in [5.74, 6) is -0.513. The van der Waals surface area contributed by atoms with Crippen molar-refractivity contribution in [2.45, 2.75) is 12.8 Å². The van der Waals surface area contributed by atoms with Gasteiger partial charge in [-0.1, -0.05) is 0 Å². The van der Waals surface area contributed by atoms with Crippen LogP contribution in [-0.4, -0.2) is 20.7 Å². The first-order valence-electron chi connectivity index (χ1n) is 5.10. The zero-order valence-corrected chi connectivity index (χ0v) is 11.5. The van der Waals surface area contributed by atoms with Gasteiger partial charge in [-0.05, 0) is 53.5 Å². The lowest BCUT2D eigenvalue weighted by Crippen LogP contribution is -2.17. The van der Waals surface area contributed by atoms with Gasteiger partial charge in [-0.3, -0.25) is 4.72 Å². The molecule has 0 aliphatic rings. The minimum atomic E-state index is -3.45. The molecule has 0 fully saturated rings. The summed E-state index contributed by atoms with van der Waals surface area (Å²) in [7, 11) is -3.45. The Morgan fingerprint density at radius 2 is 2.06 bits per heavy atom. The van der Waals surface area contributed by atoms with Crippen molar-refractivity contribution in [1.29, 1.82) is 0 Å². The summed E-state index contributed by atoms with van der Waals surface area (Å²) in [6, 6.07) is 3.83. The molecule has 0 saturated carbocycles. The van der Waals surface area contributed by atoms with E-state index < -0.39 is 15.8 Å². The molecule has 1 aromatic rings. The highest BCUT2D eigenvalue weighted by Crippen LogP contribution is 2.24. The number of unbranched alkanes of at least 4 members (excludes halogenated alkanes) is 1. The van der Waals surface area contributed by atoms with Crippen LogP contribution >= 0.6 is 15.9 Å². The van der Waals surface area contributed by atoms with Crippen molar-refractivity contribution in [3.63, 3.8) is 0 Å². The van der Waals surface area contributed by atoms with Crippen LogP contribution in [0.3, 0.4) is 0 Å². The minimum absolute atomic E-state index is 0.0207. The number of nitrogens with one attached hydrogen (secondary N) is 1. The van der Waals surface area contributed by atoms with Gasteiger partial charge in [0.2, 0.25) is 10.0 Å². The lowest BCUT2D eigenvalue weighted by molar-refractivity contribution is 0.597. The summed E-state index contributed by atoms with van der Waals surface area (Å²) in [5, 5.41) is 0. The molecule has 3 N–H and O–H groups in total. The maximum atomic E-state index is 13.0. The van der Waals surface area contributed by atoms with Gasteiger partial charge in [-0.2, -0.15) is 0 Å². The van der Waals surface area contributed by atoms with E-state index in [9.17, 15) is 12.8 Å². The Balaban J connectivity index is 2.72. The minimum Gasteiger partial charge on any atom is -0.330 e. The Labute approximate surface area is 109 Å². The topological polar surface area (TPSA) is 72.2 Å². The first kappa shape index (κ1) is 14.4. The lowest BCUT2D eigenvalue weighted by atomic mass is 10.3. The molecule has 1 rings (SSSR count). The first-order valence-corrected chi connectivity index (χ1v) is 7.55. The van der Waals surface area contributed by atoms with Crippen molar-refractivity contribution in [2.75, 3.05) is 17.0 Å². The van der Waals surface area contributed by atoms with Crippen LogP contribution in [0.25, 0.3) is 0 Å². The van der Waals surface area contributed by atoms with E-state index in [1.807, 2.05) is 0 Å². The summed E-state index contributed by atoms with van der Waals surface area (Å²) in [4.78, 5) is 0. The molecule has 0 bridgehead atoms. The Morgan fingerprint density at radius 1 is 1.35 bits per heavy atom. The Morgan fingerprint density at radius 3 is 2.71 bits per heavy atom. The quantitative estimate of drug-likeness (QED) is 0.787. The smallest absolute Gasteiger partial charge is 0.232 e. The average molecular weight is 325 g/mol. The third-order valence-corrected chi connectivity index (χ3v) is 4.11. The molecule has 0 radical (unpaired) electrons. The highest BCUT2D eigenvalue weighted by atomic mass is 79.9. The van der Waals surface area contributed by atoms with Gasteiger partial charge in [-0.15, -0.1) is 0 Å². The number of benzene rings is 1. The zero-order valence-electron chi connectivity index (χ0n) is 9.12. The second kappa shape index (κ2) is 6.32. The van der Waals surface area contributed by atoms with E-state index in [2.05, 4.69) is 20.7 Å². The number of sulfonamides is 1. The number of anilines is 1. The third kappa shape index (κ3) is 5.01.